The fraction of sp³-hybridized carbons (Fsp3) is 0.0667. The van der Waals surface area contributed by atoms with E-state index in [1.807, 2.05) is 0 Å². The Morgan fingerprint density at radius 2 is 2.17 bits per heavy atom. The summed E-state index contributed by atoms with van der Waals surface area (Å²) in [7, 11) is 0. The van der Waals surface area contributed by atoms with Gasteiger partial charge in [-0.2, -0.15) is 9.49 Å². The van der Waals surface area contributed by atoms with Crippen molar-refractivity contribution < 1.29 is 18.7 Å². The summed E-state index contributed by atoms with van der Waals surface area (Å²) < 4.78 is 18.5. The fourth-order valence-corrected chi connectivity index (χ4v) is 2.03. The van der Waals surface area contributed by atoms with Gasteiger partial charge in [-0.3, -0.25) is 14.9 Å². The molecule has 0 bridgehead atoms. The van der Waals surface area contributed by atoms with Gasteiger partial charge in [-0.1, -0.05) is 0 Å². The number of aliphatic hydroxyl groups excluding tert-OH is 1. The number of carbonyl (C=O) groups is 1. The Bertz CT molecular complexity index is 841. The number of H-pyrrole nitrogens is 1. The number of allylic oxidation sites excluding steroid dienone is 1. The predicted octanol–water partition coefficient (Wildman–Crippen LogP) is 2.30. The zero-order chi connectivity index (χ0) is 16.2. The number of pyridine rings is 1. The first kappa shape index (κ1) is 14.6. The molecule has 0 aliphatic rings. The van der Waals surface area contributed by atoms with E-state index in [0.29, 0.717) is 0 Å². The average Bonchev–Trinajstić information content (AvgIpc) is 3.19. The monoisotopic (exact) mass is 314 g/mol. The Kier molecular flexibility index (Phi) is 3.96. The maximum atomic E-state index is 13.8. The van der Waals surface area contributed by atoms with Crippen LogP contribution in [-0.2, 0) is 6.42 Å². The van der Waals surface area contributed by atoms with Crippen LogP contribution in [0.5, 0.6) is 0 Å². The minimum atomic E-state index is -0.837. The van der Waals surface area contributed by atoms with E-state index in [2.05, 4.69) is 20.2 Å². The topological polar surface area (TPSA) is 105 Å². The highest BCUT2D eigenvalue weighted by molar-refractivity contribution is 6.08. The van der Waals surface area contributed by atoms with Crippen LogP contribution in [0.1, 0.15) is 27.3 Å². The Morgan fingerprint density at radius 1 is 1.39 bits per heavy atom. The van der Waals surface area contributed by atoms with Gasteiger partial charge in [-0.15, -0.1) is 0 Å². The first-order valence-corrected chi connectivity index (χ1v) is 6.61. The zero-order valence-corrected chi connectivity index (χ0v) is 11.7. The van der Waals surface area contributed by atoms with Gasteiger partial charge in [-0.25, -0.2) is 4.98 Å². The summed E-state index contributed by atoms with van der Waals surface area (Å²) in [6.07, 6.45) is 6.52. The molecule has 0 aliphatic carbocycles. The molecule has 3 rings (SSSR count). The van der Waals surface area contributed by atoms with Crippen LogP contribution >= 0.6 is 0 Å². The third-order valence-corrected chi connectivity index (χ3v) is 3.15. The van der Waals surface area contributed by atoms with E-state index in [0.717, 1.165) is 17.9 Å². The number of hydrogen-bond donors (Lipinski definition) is 2. The number of aromatic nitrogens is 4. The maximum Gasteiger partial charge on any atom is 0.282 e. The Labute approximate surface area is 129 Å². The van der Waals surface area contributed by atoms with Crippen molar-refractivity contribution in [2.45, 2.75) is 6.42 Å². The number of nitrogens with zero attached hydrogens (tertiary/aromatic N) is 3. The number of hydrogen-bond acceptors (Lipinski definition) is 6. The van der Waals surface area contributed by atoms with Crippen LogP contribution < -0.4 is 0 Å². The molecule has 0 saturated carbocycles. The van der Waals surface area contributed by atoms with E-state index in [9.17, 15) is 14.3 Å². The van der Waals surface area contributed by atoms with Gasteiger partial charge in [0.2, 0.25) is 5.82 Å². The number of nitrogens with one attached hydrogen (secondary N) is 1. The minimum Gasteiger partial charge on any atom is -0.504 e. The highest BCUT2D eigenvalue weighted by Crippen LogP contribution is 2.21. The van der Waals surface area contributed by atoms with E-state index < -0.39 is 17.6 Å². The highest BCUT2D eigenvalue weighted by Gasteiger charge is 2.20. The molecule has 3 aromatic heterocycles. The second kappa shape index (κ2) is 6.22. The lowest BCUT2D eigenvalue weighted by molar-refractivity contribution is 0.104. The first-order valence-electron chi connectivity index (χ1n) is 6.61. The number of halogens is 1. The van der Waals surface area contributed by atoms with Gasteiger partial charge in [0.05, 0.1) is 5.56 Å². The van der Waals surface area contributed by atoms with Crippen molar-refractivity contribution in [3.63, 3.8) is 0 Å². The van der Waals surface area contributed by atoms with Crippen molar-refractivity contribution >= 4 is 11.5 Å². The van der Waals surface area contributed by atoms with Crippen molar-refractivity contribution in [3.05, 3.63) is 71.7 Å². The third-order valence-electron chi connectivity index (χ3n) is 3.15. The van der Waals surface area contributed by atoms with Crippen LogP contribution in [0.15, 0.2) is 47.6 Å². The van der Waals surface area contributed by atoms with Gasteiger partial charge in [0.1, 0.15) is 12.6 Å². The number of carbonyl (C=O) groups excluding carboxylic acids is 1. The lowest BCUT2D eigenvalue weighted by atomic mass is 10.0. The van der Waals surface area contributed by atoms with Gasteiger partial charge in [-0.05, 0) is 17.7 Å². The summed E-state index contributed by atoms with van der Waals surface area (Å²) in [5.74, 6) is -1.06. The van der Waals surface area contributed by atoms with Crippen LogP contribution in [0, 0.1) is 6.01 Å². The van der Waals surface area contributed by atoms with Crippen LogP contribution in [-0.4, -0.2) is 31.1 Å². The molecule has 0 saturated heterocycles. The Balaban J connectivity index is 1.89. The largest absolute Gasteiger partial charge is 0.504 e. The molecule has 116 valence electrons. The standard InChI is InChI=1S/C15H11FN4O3/c16-14-10(5-9-1-3-17-4-2-9)11(7-23-14)12(21)6-13(22)15-18-8-19-20-15/h1-4,6-8,22H,5H2,(H,18,19,20). The molecular weight excluding hydrogens is 303 g/mol. The lowest BCUT2D eigenvalue weighted by Gasteiger charge is -2.01. The molecule has 23 heavy (non-hydrogen) atoms. The molecule has 0 unspecified atom stereocenters. The molecule has 0 fully saturated rings. The Morgan fingerprint density at radius 3 is 2.87 bits per heavy atom. The van der Waals surface area contributed by atoms with Crippen molar-refractivity contribution in [2.24, 2.45) is 0 Å². The molecule has 0 spiro atoms. The molecule has 0 aromatic carbocycles. The van der Waals surface area contributed by atoms with Crippen molar-refractivity contribution in [1.29, 1.82) is 0 Å². The molecule has 8 heteroatoms. The molecule has 3 aromatic rings. The second-order valence-corrected chi connectivity index (χ2v) is 4.65. The fourth-order valence-electron chi connectivity index (χ4n) is 2.03. The molecule has 2 N–H and O–H groups in total. The van der Waals surface area contributed by atoms with Crippen molar-refractivity contribution in [2.75, 3.05) is 0 Å². The smallest absolute Gasteiger partial charge is 0.282 e. The molecule has 0 amide bonds. The minimum absolute atomic E-state index is 0.0291. The normalized spacial score (nSPS) is 11.6. The molecule has 7 nitrogen and oxygen atoms in total. The van der Waals surface area contributed by atoms with Gasteiger partial charge in [0, 0.05) is 30.5 Å². The van der Waals surface area contributed by atoms with Crippen LogP contribution in [0.3, 0.4) is 0 Å². The number of aliphatic hydroxyl groups is 1. The van der Waals surface area contributed by atoms with Crippen LogP contribution in [0.2, 0.25) is 0 Å². The van der Waals surface area contributed by atoms with Crippen LogP contribution in [0.25, 0.3) is 5.76 Å². The molecule has 0 atom stereocenters. The highest BCUT2D eigenvalue weighted by atomic mass is 19.1. The molecule has 0 radical (unpaired) electrons. The second-order valence-electron chi connectivity index (χ2n) is 4.65. The zero-order valence-electron chi connectivity index (χ0n) is 11.7. The van der Waals surface area contributed by atoms with Gasteiger partial charge in [0.25, 0.3) is 6.01 Å². The quantitative estimate of drug-likeness (QED) is 0.425. The maximum absolute atomic E-state index is 13.8. The summed E-state index contributed by atoms with van der Waals surface area (Å²) in [5, 5.41) is 15.9. The number of rotatable bonds is 5. The van der Waals surface area contributed by atoms with E-state index in [4.69, 9.17) is 4.42 Å². The predicted molar refractivity (Wildman–Crippen MR) is 77.0 cm³/mol. The Hall–Kier alpha value is -3.29. The average molecular weight is 314 g/mol. The lowest BCUT2D eigenvalue weighted by Crippen LogP contribution is -2.02. The molecular formula is C15H11FN4O3. The van der Waals surface area contributed by atoms with Crippen LogP contribution in [0.4, 0.5) is 4.39 Å². The first-order chi connectivity index (χ1) is 11.1. The molecule has 0 aliphatic heterocycles. The van der Waals surface area contributed by atoms with Crippen molar-refractivity contribution in [3.8, 4) is 0 Å². The number of aromatic amines is 1. The van der Waals surface area contributed by atoms with E-state index >= 15 is 0 Å². The number of ketones is 1. The number of furan rings is 1. The van der Waals surface area contributed by atoms with Gasteiger partial charge in [0.15, 0.2) is 11.5 Å². The van der Waals surface area contributed by atoms with Crippen molar-refractivity contribution in [1.82, 2.24) is 20.2 Å². The summed E-state index contributed by atoms with van der Waals surface area (Å²) in [4.78, 5) is 19.8. The summed E-state index contributed by atoms with van der Waals surface area (Å²) in [5.41, 5.74) is 0.915. The third kappa shape index (κ3) is 3.15. The summed E-state index contributed by atoms with van der Waals surface area (Å²) in [6, 6.07) is 2.58. The summed E-state index contributed by atoms with van der Waals surface area (Å²) >= 11 is 0. The van der Waals surface area contributed by atoms with E-state index in [1.54, 1.807) is 24.5 Å². The van der Waals surface area contributed by atoms with E-state index in [-0.39, 0.29) is 23.4 Å². The SMILES string of the molecule is O=C(C=C(O)c1nc[nH]n1)c1coc(F)c1Cc1ccncc1. The molecule has 3 heterocycles. The van der Waals surface area contributed by atoms with Gasteiger partial charge < -0.3 is 9.52 Å². The summed E-state index contributed by atoms with van der Waals surface area (Å²) in [6.45, 7) is 0. The van der Waals surface area contributed by atoms with E-state index in [1.165, 1.54) is 6.33 Å². The van der Waals surface area contributed by atoms with Gasteiger partial charge >= 0.3 is 0 Å².